The summed E-state index contributed by atoms with van der Waals surface area (Å²) >= 11 is 1.51. The van der Waals surface area contributed by atoms with E-state index in [-0.39, 0.29) is 29.4 Å². The van der Waals surface area contributed by atoms with Gasteiger partial charge in [-0.15, -0.1) is 24.9 Å². The fraction of sp³-hybridized carbons (Fsp3) is 0.652. The lowest BCUT2D eigenvalue weighted by Crippen LogP contribution is -2.34. The number of hydrogen-bond acceptors (Lipinski definition) is 5. The van der Waals surface area contributed by atoms with Crippen LogP contribution in [0.15, 0.2) is 24.3 Å². The van der Waals surface area contributed by atoms with Crippen LogP contribution in [-0.4, -0.2) is 62.5 Å². The molecule has 2 aliphatic heterocycles. The largest absolute Gasteiger partial charge is 0.573 e. The fourth-order valence-corrected chi connectivity index (χ4v) is 6.05. The Hall–Kier alpha value is -1.94. The first-order valence-corrected chi connectivity index (χ1v) is 12.3. The van der Waals surface area contributed by atoms with Gasteiger partial charge in [0, 0.05) is 24.3 Å². The van der Waals surface area contributed by atoms with Crippen molar-refractivity contribution in [1.82, 2.24) is 4.90 Å². The first kappa shape index (κ1) is 25.7. The highest BCUT2D eigenvalue weighted by Crippen LogP contribution is 2.36. The highest BCUT2D eigenvalue weighted by atomic mass is 32.2. The summed E-state index contributed by atoms with van der Waals surface area (Å²) in [5, 5.41) is 19.5. The SMILES string of the molecule is O=C(O)C1CCC(CCCN2C(=O)CC[C@@H]2CC[C@@H](O)Cc2cccc(OC(F)(F)F)c2)S1. The number of nitrogens with zero attached hydrogens (tertiary/aromatic N) is 1. The number of hydrogen-bond donors (Lipinski definition) is 2. The van der Waals surface area contributed by atoms with Crippen LogP contribution < -0.4 is 4.74 Å². The maximum Gasteiger partial charge on any atom is 0.573 e. The van der Waals surface area contributed by atoms with Crippen LogP contribution in [0.25, 0.3) is 0 Å². The third kappa shape index (κ3) is 8.10. The predicted molar refractivity (Wildman–Crippen MR) is 118 cm³/mol. The number of carboxylic acid groups (broad SMARTS) is 1. The molecule has 2 saturated heterocycles. The van der Waals surface area contributed by atoms with Crippen LogP contribution in [0.4, 0.5) is 13.2 Å². The van der Waals surface area contributed by atoms with E-state index in [1.165, 1.54) is 30.0 Å². The van der Waals surface area contributed by atoms with Crippen LogP contribution in [-0.2, 0) is 16.0 Å². The van der Waals surface area contributed by atoms with E-state index in [0.717, 1.165) is 25.7 Å². The van der Waals surface area contributed by atoms with Crippen molar-refractivity contribution in [3.8, 4) is 5.75 Å². The number of alkyl halides is 3. The molecule has 2 aliphatic rings. The van der Waals surface area contributed by atoms with Gasteiger partial charge in [-0.2, -0.15) is 0 Å². The van der Waals surface area contributed by atoms with Gasteiger partial charge in [0.15, 0.2) is 0 Å². The van der Waals surface area contributed by atoms with E-state index in [1.54, 1.807) is 6.07 Å². The standard InChI is InChI=1S/C23H30F3NO5S/c24-23(25,26)32-18-4-1-3-15(14-18)13-17(28)8-6-16-7-11-21(29)27(16)12-2-5-19-9-10-20(33-19)22(30)31/h1,3-4,14,16-17,19-20,28H,2,5-13H2,(H,30,31)/t16-,17+,19?,20?/m0/s1. The fourth-order valence-electron chi connectivity index (χ4n) is 4.62. The smallest absolute Gasteiger partial charge is 0.480 e. The van der Waals surface area contributed by atoms with Gasteiger partial charge in [0.1, 0.15) is 11.0 Å². The Kier molecular flexibility index (Phi) is 8.92. The minimum Gasteiger partial charge on any atom is -0.480 e. The molecule has 0 aliphatic carbocycles. The number of likely N-dealkylation sites (tertiary alicyclic amines) is 1. The highest BCUT2D eigenvalue weighted by Gasteiger charge is 2.33. The summed E-state index contributed by atoms with van der Waals surface area (Å²) < 4.78 is 41.1. The summed E-state index contributed by atoms with van der Waals surface area (Å²) in [4.78, 5) is 25.3. The molecule has 2 heterocycles. The zero-order chi connectivity index (χ0) is 24.0. The number of amides is 1. The summed E-state index contributed by atoms with van der Waals surface area (Å²) in [5.74, 6) is -0.959. The van der Waals surface area contributed by atoms with Crippen LogP contribution in [0.1, 0.15) is 56.9 Å². The lowest BCUT2D eigenvalue weighted by atomic mass is 10.00. The van der Waals surface area contributed by atoms with E-state index in [1.807, 2.05) is 4.90 Å². The molecular formula is C23H30F3NO5S. The zero-order valence-electron chi connectivity index (χ0n) is 18.3. The van der Waals surface area contributed by atoms with Crippen molar-refractivity contribution < 1.29 is 37.7 Å². The molecule has 2 N–H and O–H groups in total. The van der Waals surface area contributed by atoms with E-state index >= 15 is 0 Å². The first-order valence-electron chi connectivity index (χ1n) is 11.3. The highest BCUT2D eigenvalue weighted by molar-refractivity contribution is 8.01. The molecule has 2 unspecified atom stereocenters. The van der Waals surface area contributed by atoms with E-state index in [2.05, 4.69) is 4.74 Å². The Balaban J connectivity index is 1.42. The Morgan fingerprint density at radius 2 is 2.03 bits per heavy atom. The summed E-state index contributed by atoms with van der Waals surface area (Å²) in [5.41, 5.74) is 0.553. The Morgan fingerprint density at radius 3 is 2.73 bits per heavy atom. The second-order valence-electron chi connectivity index (χ2n) is 8.71. The van der Waals surface area contributed by atoms with Crippen LogP contribution in [0.5, 0.6) is 5.75 Å². The molecule has 0 aromatic heterocycles. The average molecular weight is 490 g/mol. The number of carbonyl (C=O) groups is 2. The number of carbonyl (C=O) groups excluding carboxylic acids is 1. The van der Waals surface area contributed by atoms with Crippen molar-refractivity contribution in [3.05, 3.63) is 29.8 Å². The molecule has 4 atom stereocenters. The zero-order valence-corrected chi connectivity index (χ0v) is 19.1. The van der Waals surface area contributed by atoms with Gasteiger partial charge in [-0.3, -0.25) is 9.59 Å². The Bertz CT molecular complexity index is 822. The lowest BCUT2D eigenvalue weighted by molar-refractivity contribution is -0.274. The van der Waals surface area contributed by atoms with E-state index < -0.39 is 18.4 Å². The molecule has 10 heteroatoms. The van der Waals surface area contributed by atoms with Gasteiger partial charge in [0.05, 0.1) is 6.10 Å². The van der Waals surface area contributed by atoms with Crippen LogP contribution in [0, 0.1) is 0 Å². The first-order chi connectivity index (χ1) is 15.6. The summed E-state index contributed by atoms with van der Waals surface area (Å²) in [6.45, 7) is 0.630. The Morgan fingerprint density at radius 1 is 1.24 bits per heavy atom. The van der Waals surface area contributed by atoms with E-state index in [9.17, 15) is 27.9 Å². The molecule has 0 spiro atoms. The van der Waals surface area contributed by atoms with Gasteiger partial charge in [-0.1, -0.05) is 12.1 Å². The van der Waals surface area contributed by atoms with Crippen LogP contribution >= 0.6 is 11.8 Å². The lowest BCUT2D eigenvalue weighted by Gasteiger charge is -2.26. The molecule has 1 amide bonds. The predicted octanol–water partition coefficient (Wildman–Crippen LogP) is 4.39. The van der Waals surface area contributed by atoms with Gasteiger partial charge < -0.3 is 19.8 Å². The average Bonchev–Trinajstić information content (AvgIpc) is 3.33. The van der Waals surface area contributed by atoms with Crippen molar-refractivity contribution in [2.75, 3.05) is 6.54 Å². The number of carboxylic acids is 1. The molecule has 1 aromatic rings. The van der Waals surface area contributed by atoms with E-state index in [4.69, 9.17) is 5.11 Å². The van der Waals surface area contributed by atoms with Crippen LogP contribution in [0.2, 0.25) is 0 Å². The molecule has 33 heavy (non-hydrogen) atoms. The van der Waals surface area contributed by atoms with E-state index in [0.29, 0.717) is 43.0 Å². The minimum atomic E-state index is -4.76. The number of halogens is 3. The van der Waals surface area contributed by atoms with Gasteiger partial charge in [-0.05, 0) is 69.1 Å². The molecule has 0 bridgehead atoms. The number of thioether (sulfide) groups is 1. The summed E-state index contributed by atoms with van der Waals surface area (Å²) in [6.07, 6.45) is 0.291. The normalized spacial score (nSPS) is 24.3. The number of ether oxygens (including phenoxy) is 1. The van der Waals surface area contributed by atoms with Gasteiger partial charge in [0.2, 0.25) is 5.91 Å². The molecule has 0 radical (unpaired) electrons. The molecule has 6 nitrogen and oxygen atoms in total. The number of aliphatic carboxylic acids is 1. The Labute approximate surface area is 195 Å². The number of aliphatic hydroxyl groups excluding tert-OH is 1. The monoisotopic (exact) mass is 489 g/mol. The number of benzene rings is 1. The summed E-state index contributed by atoms with van der Waals surface area (Å²) in [6, 6.07) is 5.65. The quantitative estimate of drug-likeness (QED) is 0.480. The third-order valence-corrected chi connectivity index (χ3v) is 7.82. The van der Waals surface area contributed by atoms with Gasteiger partial charge >= 0.3 is 12.3 Å². The minimum absolute atomic E-state index is 0.0510. The second kappa shape index (κ2) is 11.5. The molecule has 2 fully saturated rings. The number of rotatable bonds is 11. The number of aliphatic hydroxyl groups is 1. The molecule has 0 saturated carbocycles. The van der Waals surface area contributed by atoms with Gasteiger partial charge in [0.25, 0.3) is 0 Å². The van der Waals surface area contributed by atoms with Crippen molar-refractivity contribution in [3.63, 3.8) is 0 Å². The van der Waals surface area contributed by atoms with Crippen molar-refractivity contribution >= 4 is 23.6 Å². The van der Waals surface area contributed by atoms with Crippen molar-refractivity contribution in [2.24, 2.45) is 0 Å². The molecular weight excluding hydrogens is 459 g/mol. The third-order valence-electron chi connectivity index (χ3n) is 6.20. The van der Waals surface area contributed by atoms with Crippen molar-refractivity contribution in [2.45, 2.75) is 86.8 Å². The molecule has 184 valence electrons. The maximum absolute atomic E-state index is 12.4. The molecule has 1 aromatic carbocycles. The van der Waals surface area contributed by atoms with Crippen LogP contribution in [0.3, 0.4) is 0 Å². The molecule has 3 rings (SSSR count). The van der Waals surface area contributed by atoms with Crippen molar-refractivity contribution in [1.29, 1.82) is 0 Å². The van der Waals surface area contributed by atoms with Gasteiger partial charge in [-0.25, -0.2) is 0 Å². The second-order valence-corrected chi connectivity index (χ2v) is 10.2. The maximum atomic E-state index is 12.4. The summed E-state index contributed by atoms with van der Waals surface area (Å²) in [7, 11) is 0. The topological polar surface area (TPSA) is 87.1 Å².